The predicted molar refractivity (Wildman–Crippen MR) is 70.5 cm³/mol. The summed E-state index contributed by atoms with van der Waals surface area (Å²) >= 11 is 0. The minimum absolute atomic E-state index is 0.209. The Kier molecular flexibility index (Phi) is 7.24. The van der Waals surface area contributed by atoms with Gasteiger partial charge in [-0.05, 0) is 25.7 Å². The lowest BCUT2D eigenvalue weighted by Crippen LogP contribution is -2.38. The Morgan fingerprint density at radius 1 is 1.06 bits per heavy atom. The average molecular weight is 249 g/mol. The Labute approximate surface area is 101 Å². The van der Waals surface area contributed by atoms with Gasteiger partial charge in [0.05, 0.1) is 11.0 Å². The van der Waals surface area contributed by atoms with Gasteiger partial charge in [-0.2, -0.15) is 0 Å². The highest BCUT2D eigenvalue weighted by Crippen LogP contribution is 2.07. The molecule has 1 unspecified atom stereocenters. The Morgan fingerprint density at radius 2 is 1.56 bits per heavy atom. The molecule has 0 aliphatic heterocycles. The predicted octanol–water partition coefficient (Wildman–Crippen LogP) is 2.22. The molecule has 16 heavy (non-hydrogen) atoms. The van der Waals surface area contributed by atoms with Gasteiger partial charge in [0, 0.05) is 12.6 Å². The molecule has 3 nitrogen and oxygen atoms in total. The van der Waals surface area contributed by atoms with Gasteiger partial charge >= 0.3 is 0 Å². The third-order valence-corrected chi connectivity index (χ3v) is 5.38. The van der Waals surface area contributed by atoms with Crippen LogP contribution in [0.1, 0.15) is 47.5 Å². The van der Waals surface area contributed by atoms with E-state index in [4.69, 9.17) is 0 Å². The van der Waals surface area contributed by atoms with Crippen LogP contribution in [0.4, 0.5) is 0 Å². The summed E-state index contributed by atoms with van der Waals surface area (Å²) in [7, 11) is -2.93. The van der Waals surface area contributed by atoms with Crippen molar-refractivity contribution in [2.45, 2.75) is 58.8 Å². The SMILES string of the molecule is CCC(CC)NCC(C)S(=O)(=O)CC(C)C. The third kappa shape index (κ3) is 5.85. The van der Waals surface area contributed by atoms with Crippen LogP contribution in [0, 0.1) is 5.92 Å². The first kappa shape index (κ1) is 15.9. The maximum absolute atomic E-state index is 11.9. The van der Waals surface area contributed by atoms with Crippen LogP contribution in [-0.2, 0) is 9.84 Å². The Hall–Kier alpha value is -0.0900. The number of nitrogens with one attached hydrogen (secondary N) is 1. The largest absolute Gasteiger partial charge is 0.313 e. The minimum Gasteiger partial charge on any atom is -0.313 e. The molecular weight excluding hydrogens is 222 g/mol. The van der Waals surface area contributed by atoms with E-state index in [9.17, 15) is 8.42 Å². The molecule has 0 spiro atoms. The molecule has 0 aromatic rings. The molecular formula is C12H27NO2S. The van der Waals surface area contributed by atoms with Crippen LogP contribution in [0.5, 0.6) is 0 Å². The molecule has 0 aromatic heterocycles. The van der Waals surface area contributed by atoms with Gasteiger partial charge in [0.1, 0.15) is 0 Å². The van der Waals surface area contributed by atoms with E-state index in [-0.39, 0.29) is 11.2 Å². The van der Waals surface area contributed by atoms with Crippen LogP contribution in [0.2, 0.25) is 0 Å². The first-order valence-electron chi connectivity index (χ1n) is 6.28. The van der Waals surface area contributed by atoms with Gasteiger partial charge in [-0.25, -0.2) is 8.42 Å². The fourth-order valence-corrected chi connectivity index (χ4v) is 3.27. The molecule has 0 fully saturated rings. The van der Waals surface area contributed by atoms with Crippen molar-refractivity contribution < 1.29 is 8.42 Å². The fourth-order valence-electron chi connectivity index (χ4n) is 1.67. The van der Waals surface area contributed by atoms with Crippen LogP contribution in [0.15, 0.2) is 0 Å². The van der Waals surface area contributed by atoms with E-state index in [1.54, 1.807) is 6.92 Å². The second-order valence-corrected chi connectivity index (χ2v) is 7.42. The minimum atomic E-state index is -2.93. The Morgan fingerprint density at radius 3 is 1.94 bits per heavy atom. The number of sulfone groups is 1. The molecule has 0 aromatic carbocycles. The zero-order chi connectivity index (χ0) is 12.8. The monoisotopic (exact) mass is 249 g/mol. The summed E-state index contributed by atoms with van der Waals surface area (Å²) < 4.78 is 23.8. The molecule has 1 atom stereocenters. The van der Waals surface area contributed by atoms with Gasteiger partial charge in [-0.3, -0.25) is 0 Å². The molecule has 0 heterocycles. The number of rotatable bonds is 8. The van der Waals surface area contributed by atoms with Crippen LogP contribution in [0.25, 0.3) is 0 Å². The summed E-state index contributed by atoms with van der Waals surface area (Å²) in [6, 6.07) is 0.441. The van der Waals surface area contributed by atoms with E-state index < -0.39 is 9.84 Å². The molecule has 0 aliphatic carbocycles. The van der Waals surface area contributed by atoms with Gasteiger partial charge < -0.3 is 5.32 Å². The molecule has 4 heteroatoms. The molecule has 0 radical (unpaired) electrons. The van der Waals surface area contributed by atoms with Crippen LogP contribution in [0.3, 0.4) is 0 Å². The van der Waals surface area contributed by atoms with Crippen molar-refractivity contribution in [3.05, 3.63) is 0 Å². The second kappa shape index (κ2) is 7.28. The lowest BCUT2D eigenvalue weighted by Gasteiger charge is -2.19. The molecule has 0 saturated heterocycles. The first-order valence-corrected chi connectivity index (χ1v) is 7.99. The Bertz CT molecular complexity index is 269. The maximum Gasteiger partial charge on any atom is 0.154 e. The number of hydrogen-bond acceptors (Lipinski definition) is 3. The summed E-state index contributed by atoms with van der Waals surface area (Å²) in [6.07, 6.45) is 2.10. The molecule has 0 aliphatic rings. The first-order chi connectivity index (χ1) is 7.33. The fraction of sp³-hybridized carbons (Fsp3) is 1.00. The molecule has 0 saturated carbocycles. The lowest BCUT2D eigenvalue weighted by molar-refractivity contribution is 0.478. The van der Waals surface area contributed by atoms with Crippen molar-refractivity contribution in [1.82, 2.24) is 5.32 Å². The van der Waals surface area contributed by atoms with Crippen molar-refractivity contribution in [3.63, 3.8) is 0 Å². The van der Waals surface area contributed by atoms with E-state index in [1.165, 1.54) is 0 Å². The highest BCUT2D eigenvalue weighted by atomic mass is 32.2. The van der Waals surface area contributed by atoms with Gasteiger partial charge in [0.2, 0.25) is 0 Å². The van der Waals surface area contributed by atoms with Crippen LogP contribution < -0.4 is 5.32 Å². The van der Waals surface area contributed by atoms with Crippen molar-refractivity contribution >= 4 is 9.84 Å². The summed E-state index contributed by atoms with van der Waals surface area (Å²) in [4.78, 5) is 0. The van der Waals surface area contributed by atoms with Gasteiger partial charge in [-0.1, -0.05) is 27.7 Å². The summed E-state index contributed by atoms with van der Waals surface area (Å²) in [5.41, 5.74) is 0. The second-order valence-electron chi connectivity index (χ2n) is 4.96. The van der Waals surface area contributed by atoms with E-state index in [0.717, 1.165) is 12.8 Å². The average Bonchev–Trinajstić information content (AvgIpc) is 2.17. The lowest BCUT2D eigenvalue weighted by atomic mass is 10.2. The van der Waals surface area contributed by atoms with Gasteiger partial charge in [-0.15, -0.1) is 0 Å². The summed E-state index contributed by atoms with van der Waals surface area (Å²) in [5, 5.41) is 3.04. The zero-order valence-electron chi connectivity index (χ0n) is 11.3. The number of hydrogen-bond donors (Lipinski definition) is 1. The normalized spacial score (nSPS) is 14.7. The van der Waals surface area contributed by atoms with Crippen molar-refractivity contribution in [2.24, 2.45) is 5.92 Å². The molecule has 1 N–H and O–H groups in total. The van der Waals surface area contributed by atoms with Crippen LogP contribution in [-0.4, -0.2) is 32.0 Å². The van der Waals surface area contributed by atoms with Crippen LogP contribution >= 0.6 is 0 Å². The van der Waals surface area contributed by atoms with Crippen molar-refractivity contribution in [3.8, 4) is 0 Å². The highest BCUT2D eigenvalue weighted by molar-refractivity contribution is 7.92. The summed E-state index contributed by atoms with van der Waals surface area (Å²) in [5.74, 6) is 0.499. The molecule has 98 valence electrons. The van der Waals surface area contributed by atoms with Crippen molar-refractivity contribution in [2.75, 3.05) is 12.3 Å². The van der Waals surface area contributed by atoms with Gasteiger partial charge in [0.25, 0.3) is 0 Å². The summed E-state index contributed by atoms with van der Waals surface area (Å²) in [6.45, 7) is 10.5. The molecule has 0 bridgehead atoms. The van der Waals surface area contributed by atoms with E-state index in [2.05, 4.69) is 19.2 Å². The standard InChI is InChI=1S/C12H27NO2S/c1-6-12(7-2)13-8-11(5)16(14,15)9-10(3)4/h10-13H,6-9H2,1-5H3. The van der Waals surface area contributed by atoms with E-state index in [1.807, 2.05) is 13.8 Å². The Balaban J connectivity index is 4.19. The quantitative estimate of drug-likeness (QED) is 0.717. The molecule has 0 amide bonds. The smallest absolute Gasteiger partial charge is 0.154 e. The zero-order valence-corrected chi connectivity index (χ0v) is 12.1. The molecule has 0 rings (SSSR count). The highest BCUT2D eigenvalue weighted by Gasteiger charge is 2.22. The van der Waals surface area contributed by atoms with E-state index >= 15 is 0 Å². The van der Waals surface area contributed by atoms with E-state index in [0.29, 0.717) is 18.3 Å². The topological polar surface area (TPSA) is 46.2 Å². The van der Waals surface area contributed by atoms with Crippen molar-refractivity contribution in [1.29, 1.82) is 0 Å². The third-order valence-electron chi connectivity index (χ3n) is 2.86. The maximum atomic E-state index is 11.9. The van der Waals surface area contributed by atoms with Gasteiger partial charge in [0.15, 0.2) is 9.84 Å².